The number of methoxy groups -OCH3 is 2. The summed E-state index contributed by atoms with van der Waals surface area (Å²) in [4.78, 5) is 33.2. The molecule has 26 heavy (non-hydrogen) atoms. The molecule has 0 spiro atoms. The lowest BCUT2D eigenvalue weighted by molar-refractivity contribution is -0.141. The lowest BCUT2D eigenvalue weighted by atomic mass is 9.77. The van der Waals surface area contributed by atoms with Crippen LogP contribution in [0.2, 0.25) is 0 Å². The number of ether oxygens (including phenoxy) is 2. The maximum atomic E-state index is 11.4. The van der Waals surface area contributed by atoms with E-state index in [0.29, 0.717) is 19.3 Å². The van der Waals surface area contributed by atoms with Crippen LogP contribution in [0.5, 0.6) is 0 Å². The number of rotatable bonds is 14. The van der Waals surface area contributed by atoms with Gasteiger partial charge in [-0.3, -0.25) is 9.59 Å². The van der Waals surface area contributed by atoms with Crippen molar-refractivity contribution in [1.82, 2.24) is 0 Å². The Labute approximate surface area is 155 Å². The third kappa shape index (κ3) is 7.68. The summed E-state index contributed by atoms with van der Waals surface area (Å²) in [5.74, 6) is -1.14. The Hall–Kier alpha value is -1.69. The Morgan fingerprint density at radius 3 is 2.04 bits per heavy atom. The number of hydrogen-bond acceptors (Lipinski definition) is 5. The molecule has 0 bridgehead atoms. The Morgan fingerprint density at radius 2 is 1.62 bits per heavy atom. The van der Waals surface area contributed by atoms with Gasteiger partial charge in [-0.15, -0.1) is 0 Å². The SMILES string of the molecule is COC(C)(CCCCCCC(=O)O)CC(C)(OC)C(=C=O)C(C)C(=O)O. The number of hydrogen-bond donors (Lipinski definition) is 2. The number of carboxylic acid groups (broad SMARTS) is 2. The summed E-state index contributed by atoms with van der Waals surface area (Å²) >= 11 is 0. The molecule has 0 heterocycles. The molecule has 0 aromatic rings. The average molecular weight is 372 g/mol. The van der Waals surface area contributed by atoms with E-state index in [9.17, 15) is 19.5 Å². The van der Waals surface area contributed by atoms with E-state index in [1.165, 1.54) is 14.0 Å². The van der Waals surface area contributed by atoms with Crippen LogP contribution in [0.4, 0.5) is 0 Å². The zero-order valence-corrected chi connectivity index (χ0v) is 16.5. The van der Waals surface area contributed by atoms with Crippen molar-refractivity contribution in [3.63, 3.8) is 0 Å². The van der Waals surface area contributed by atoms with Crippen molar-refractivity contribution in [3.8, 4) is 0 Å². The molecule has 0 radical (unpaired) electrons. The zero-order chi connectivity index (χ0) is 20.4. The van der Waals surface area contributed by atoms with Crippen LogP contribution < -0.4 is 0 Å². The Balaban J connectivity index is 4.97. The van der Waals surface area contributed by atoms with Gasteiger partial charge in [0.25, 0.3) is 0 Å². The summed E-state index contributed by atoms with van der Waals surface area (Å²) in [6.07, 6.45) is 4.33. The fraction of sp³-hybridized carbons (Fsp3) is 0.789. The van der Waals surface area contributed by atoms with Crippen molar-refractivity contribution in [3.05, 3.63) is 5.57 Å². The zero-order valence-electron chi connectivity index (χ0n) is 16.5. The molecule has 0 aromatic heterocycles. The molecule has 0 rings (SSSR count). The van der Waals surface area contributed by atoms with Crippen molar-refractivity contribution < 1.29 is 34.1 Å². The van der Waals surface area contributed by atoms with Crippen molar-refractivity contribution in [2.75, 3.05) is 14.2 Å². The van der Waals surface area contributed by atoms with Crippen LogP contribution in [0.3, 0.4) is 0 Å². The minimum Gasteiger partial charge on any atom is -0.481 e. The molecule has 0 saturated carbocycles. The van der Waals surface area contributed by atoms with Gasteiger partial charge < -0.3 is 19.7 Å². The van der Waals surface area contributed by atoms with Crippen molar-refractivity contribution in [1.29, 1.82) is 0 Å². The second-order valence-electron chi connectivity index (χ2n) is 7.15. The molecule has 0 saturated heterocycles. The topological polar surface area (TPSA) is 110 Å². The number of carbonyl (C=O) groups is 2. The van der Waals surface area contributed by atoms with Gasteiger partial charge in [-0.05, 0) is 33.6 Å². The van der Waals surface area contributed by atoms with Crippen molar-refractivity contribution in [2.24, 2.45) is 5.92 Å². The smallest absolute Gasteiger partial charge is 0.311 e. The van der Waals surface area contributed by atoms with Gasteiger partial charge in [0.2, 0.25) is 0 Å². The summed E-state index contributed by atoms with van der Waals surface area (Å²) < 4.78 is 11.2. The molecule has 3 unspecified atom stereocenters. The highest BCUT2D eigenvalue weighted by molar-refractivity contribution is 5.78. The van der Waals surface area contributed by atoms with E-state index >= 15 is 0 Å². The highest BCUT2D eigenvalue weighted by Crippen LogP contribution is 2.37. The van der Waals surface area contributed by atoms with Crippen molar-refractivity contribution >= 4 is 17.9 Å². The van der Waals surface area contributed by atoms with Crippen LogP contribution >= 0.6 is 0 Å². The second-order valence-corrected chi connectivity index (χ2v) is 7.15. The summed E-state index contributed by atoms with van der Waals surface area (Å²) in [6.45, 7) is 5.01. The fourth-order valence-corrected chi connectivity index (χ4v) is 3.16. The van der Waals surface area contributed by atoms with Crippen LogP contribution in [-0.2, 0) is 23.9 Å². The summed E-state index contributed by atoms with van der Waals surface area (Å²) in [7, 11) is 3.01. The average Bonchev–Trinajstić information content (AvgIpc) is 2.58. The first-order chi connectivity index (χ1) is 12.0. The third-order valence-electron chi connectivity index (χ3n) is 4.98. The number of unbranched alkanes of at least 4 members (excludes halogenated alkanes) is 3. The lowest BCUT2D eigenvalue weighted by Crippen LogP contribution is -2.44. The monoisotopic (exact) mass is 372 g/mol. The predicted octanol–water partition coefficient (Wildman–Crippen LogP) is 3.09. The first-order valence-electron chi connectivity index (χ1n) is 8.85. The largest absolute Gasteiger partial charge is 0.481 e. The quantitative estimate of drug-likeness (QED) is 0.356. The summed E-state index contributed by atoms with van der Waals surface area (Å²) in [5, 5.41) is 17.9. The Morgan fingerprint density at radius 1 is 1.04 bits per heavy atom. The molecule has 0 aliphatic heterocycles. The van der Waals surface area contributed by atoms with Gasteiger partial charge >= 0.3 is 11.9 Å². The second kappa shape index (κ2) is 11.1. The normalized spacial score (nSPS) is 16.8. The minimum atomic E-state index is -1.11. The van der Waals surface area contributed by atoms with Crippen LogP contribution in [0.15, 0.2) is 5.57 Å². The van der Waals surface area contributed by atoms with Gasteiger partial charge in [0.15, 0.2) is 0 Å². The fourth-order valence-electron chi connectivity index (χ4n) is 3.16. The summed E-state index contributed by atoms with van der Waals surface area (Å²) in [6, 6.07) is 0. The van der Waals surface area contributed by atoms with Crippen LogP contribution in [-0.4, -0.2) is 53.5 Å². The maximum absolute atomic E-state index is 11.4. The lowest BCUT2D eigenvalue weighted by Gasteiger charge is -2.39. The van der Waals surface area contributed by atoms with Crippen molar-refractivity contribution in [2.45, 2.75) is 76.9 Å². The Kier molecular flexibility index (Phi) is 10.4. The first-order valence-corrected chi connectivity index (χ1v) is 8.85. The highest BCUT2D eigenvalue weighted by Gasteiger charge is 2.42. The van der Waals surface area contributed by atoms with E-state index in [-0.39, 0.29) is 12.0 Å². The molecular formula is C19H32O7. The molecular weight excluding hydrogens is 340 g/mol. The molecule has 0 aliphatic carbocycles. The molecule has 2 N–H and O–H groups in total. The number of carboxylic acids is 2. The highest BCUT2D eigenvalue weighted by atomic mass is 16.5. The number of aliphatic carboxylic acids is 2. The molecule has 0 aliphatic rings. The van der Waals surface area contributed by atoms with Crippen LogP contribution in [0.25, 0.3) is 0 Å². The molecule has 7 heteroatoms. The van der Waals surface area contributed by atoms with Gasteiger partial charge in [0.05, 0.1) is 17.1 Å². The van der Waals surface area contributed by atoms with E-state index in [2.05, 4.69) is 0 Å². The van der Waals surface area contributed by atoms with Gasteiger partial charge in [-0.25, -0.2) is 4.79 Å². The van der Waals surface area contributed by atoms with Gasteiger partial charge in [0.1, 0.15) is 11.5 Å². The first kappa shape index (κ1) is 24.3. The molecule has 7 nitrogen and oxygen atoms in total. The van der Waals surface area contributed by atoms with E-state index in [1.807, 2.05) is 6.92 Å². The molecule has 0 amide bonds. The minimum absolute atomic E-state index is 0.0530. The van der Waals surface area contributed by atoms with E-state index in [1.54, 1.807) is 20.0 Å². The van der Waals surface area contributed by atoms with E-state index < -0.39 is 29.1 Å². The van der Waals surface area contributed by atoms with Crippen LogP contribution in [0, 0.1) is 5.92 Å². The third-order valence-corrected chi connectivity index (χ3v) is 4.98. The molecule has 150 valence electrons. The molecule has 0 fully saturated rings. The van der Waals surface area contributed by atoms with E-state index in [4.69, 9.17) is 14.6 Å². The van der Waals surface area contributed by atoms with Gasteiger partial charge in [0, 0.05) is 27.1 Å². The maximum Gasteiger partial charge on any atom is 0.311 e. The summed E-state index contributed by atoms with van der Waals surface area (Å²) in [5.41, 5.74) is -1.66. The Bertz CT molecular complexity index is 524. The predicted molar refractivity (Wildman–Crippen MR) is 96.8 cm³/mol. The van der Waals surface area contributed by atoms with Crippen LogP contribution in [0.1, 0.15) is 65.7 Å². The molecule has 0 aromatic carbocycles. The van der Waals surface area contributed by atoms with Gasteiger partial charge in [-0.2, -0.15) is 0 Å². The van der Waals surface area contributed by atoms with Gasteiger partial charge in [-0.1, -0.05) is 19.3 Å². The van der Waals surface area contributed by atoms with E-state index in [0.717, 1.165) is 19.3 Å². The standard InChI is InChI=1S/C19H32O7/c1-14(17(23)24)15(12-20)19(3,26-5)13-18(2,25-4)11-9-7-6-8-10-16(21)22/h14H,6-11,13H2,1-5H3,(H,21,22)(H,23,24). The number of carbonyl (C=O) groups excluding carboxylic acids is 1. The molecule has 3 atom stereocenters.